The second-order valence-electron chi connectivity index (χ2n) is 8.15. The lowest BCUT2D eigenvalue weighted by atomic mass is 10.1. The first-order valence-electron chi connectivity index (χ1n) is 11.8. The molecule has 0 spiro atoms. The van der Waals surface area contributed by atoms with Crippen LogP contribution < -0.4 is 15.0 Å². The van der Waals surface area contributed by atoms with Crippen molar-refractivity contribution < 1.29 is 23.2 Å². The number of ether oxygens (including phenoxy) is 1. The van der Waals surface area contributed by atoms with Crippen LogP contribution in [0.4, 0.5) is 5.69 Å². The van der Waals surface area contributed by atoms with Gasteiger partial charge in [0.25, 0.3) is 5.91 Å². The lowest BCUT2D eigenvalue weighted by molar-refractivity contribution is -0.127. The van der Waals surface area contributed by atoms with Crippen LogP contribution in [0, 0.1) is 0 Å². The number of hydrogen-bond donors (Lipinski definition) is 1. The van der Waals surface area contributed by atoms with E-state index in [0.717, 1.165) is 0 Å². The van der Waals surface area contributed by atoms with Gasteiger partial charge in [0.2, 0.25) is 5.91 Å². The van der Waals surface area contributed by atoms with Crippen LogP contribution in [-0.4, -0.2) is 33.4 Å². The number of carbonyl (C=O) groups excluding carboxylic acids is 2. The van der Waals surface area contributed by atoms with E-state index in [1.807, 2.05) is 31.2 Å². The van der Waals surface area contributed by atoms with Gasteiger partial charge in [-0.05, 0) is 55.5 Å². The fraction of sp³-hybridized carbons (Fsp3) is 0.185. The molecule has 3 heterocycles. The van der Waals surface area contributed by atoms with E-state index in [4.69, 9.17) is 13.6 Å². The predicted molar refractivity (Wildman–Crippen MR) is 135 cm³/mol. The highest BCUT2D eigenvalue weighted by Crippen LogP contribution is 2.31. The molecule has 0 radical (unpaired) electrons. The van der Waals surface area contributed by atoms with Crippen molar-refractivity contribution in [3.63, 3.8) is 0 Å². The second kappa shape index (κ2) is 10.8. The highest BCUT2D eigenvalue weighted by molar-refractivity contribution is 6.01. The van der Waals surface area contributed by atoms with Gasteiger partial charge in [-0.3, -0.25) is 14.5 Å². The van der Waals surface area contributed by atoms with E-state index in [9.17, 15) is 9.59 Å². The Kier molecular flexibility index (Phi) is 6.98. The monoisotopic (exact) mass is 499 g/mol. The number of para-hydroxylation sites is 1. The number of fused-ring (bicyclic) bond motifs is 1. The van der Waals surface area contributed by atoms with Crippen LogP contribution in [0.2, 0.25) is 0 Å². The Hall–Kier alpha value is -4.86. The molecule has 5 aromatic rings. The van der Waals surface area contributed by atoms with Crippen molar-refractivity contribution in [3.8, 4) is 5.75 Å². The maximum atomic E-state index is 14.0. The van der Waals surface area contributed by atoms with Crippen LogP contribution in [0.25, 0.3) is 11.0 Å². The molecule has 1 atom stereocenters. The van der Waals surface area contributed by atoms with Gasteiger partial charge in [-0.2, -0.15) is 0 Å². The van der Waals surface area contributed by atoms with Crippen LogP contribution in [0.1, 0.15) is 24.5 Å². The summed E-state index contributed by atoms with van der Waals surface area (Å²) in [7, 11) is 0. The van der Waals surface area contributed by atoms with Crippen LogP contribution in [0.3, 0.4) is 0 Å². The zero-order valence-electron chi connectivity index (χ0n) is 20.1. The molecule has 0 aliphatic heterocycles. The molecule has 37 heavy (non-hydrogen) atoms. The van der Waals surface area contributed by atoms with E-state index in [1.165, 1.54) is 22.1 Å². The Morgan fingerprint density at radius 1 is 1.03 bits per heavy atom. The van der Waals surface area contributed by atoms with E-state index in [2.05, 4.69) is 15.6 Å². The minimum absolute atomic E-state index is 0.151. The van der Waals surface area contributed by atoms with Gasteiger partial charge in [0.1, 0.15) is 29.3 Å². The number of anilines is 1. The predicted octanol–water partition coefficient (Wildman–Crippen LogP) is 4.11. The summed E-state index contributed by atoms with van der Waals surface area (Å²) >= 11 is 0. The fourth-order valence-electron chi connectivity index (χ4n) is 4.07. The number of furan rings is 2. The smallest absolute Gasteiger partial charge is 0.251 e. The highest BCUT2D eigenvalue weighted by Gasteiger charge is 2.35. The Bertz CT molecular complexity index is 1480. The third-order valence-electron chi connectivity index (χ3n) is 5.72. The molecule has 188 valence electrons. The molecule has 0 aliphatic rings. The minimum atomic E-state index is -1.11. The lowest BCUT2D eigenvalue weighted by Crippen LogP contribution is -2.45. The largest absolute Gasteiger partial charge is 0.494 e. The Morgan fingerprint density at radius 3 is 2.65 bits per heavy atom. The quantitative estimate of drug-likeness (QED) is 0.307. The van der Waals surface area contributed by atoms with Crippen molar-refractivity contribution in [2.75, 3.05) is 11.5 Å². The summed E-state index contributed by atoms with van der Waals surface area (Å²) in [6.45, 7) is 2.33. The van der Waals surface area contributed by atoms with Crippen LogP contribution >= 0.6 is 0 Å². The standard InChI is InChI=1S/C27H25N5O5/c1-2-35-20-9-5-8-19(16-20)32(25(33)18-31-23-12-4-3-11-22(23)29-30-31)26(24-13-7-15-37-24)27(34)28-17-21-10-6-14-36-21/h3-16,26H,2,17-18H2,1H3,(H,28,34)/t26-/m1/s1. The number of rotatable bonds is 10. The van der Waals surface area contributed by atoms with E-state index >= 15 is 0 Å². The molecule has 0 saturated carbocycles. The number of aromatic nitrogens is 3. The Morgan fingerprint density at radius 2 is 1.86 bits per heavy atom. The second-order valence-corrected chi connectivity index (χ2v) is 8.15. The summed E-state index contributed by atoms with van der Waals surface area (Å²) in [5.41, 5.74) is 1.84. The number of nitrogens with zero attached hydrogens (tertiary/aromatic N) is 4. The molecule has 2 amide bonds. The van der Waals surface area contributed by atoms with E-state index in [-0.39, 0.29) is 19.0 Å². The van der Waals surface area contributed by atoms with Gasteiger partial charge in [-0.1, -0.05) is 23.4 Å². The minimum Gasteiger partial charge on any atom is -0.494 e. The summed E-state index contributed by atoms with van der Waals surface area (Å²) in [5.74, 6) is 0.620. The van der Waals surface area contributed by atoms with E-state index < -0.39 is 11.9 Å². The normalized spacial score (nSPS) is 11.8. The van der Waals surface area contributed by atoms with E-state index in [1.54, 1.807) is 48.5 Å². The van der Waals surface area contributed by atoms with Crippen molar-refractivity contribution in [2.24, 2.45) is 0 Å². The number of hydrogen-bond acceptors (Lipinski definition) is 7. The first-order chi connectivity index (χ1) is 18.1. The molecule has 1 N–H and O–H groups in total. The van der Waals surface area contributed by atoms with E-state index in [0.29, 0.717) is 40.6 Å². The molecule has 0 bridgehead atoms. The van der Waals surface area contributed by atoms with Gasteiger partial charge in [0.05, 0.1) is 31.2 Å². The average Bonchev–Trinajstić information content (AvgIpc) is 3.69. The molecule has 0 aliphatic carbocycles. The zero-order chi connectivity index (χ0) is 25.6. The molecule has 0 fully saturated rings. The Labute approximate surface area is 212 Å². The molecule has 10 heteroatoms. The van der Waals surface area contributed by atoms with Crippen molar-refractivity contribution in [3.05, 3.63) is 96.8 Å². The topological polar surface area (TPSA) is 116 Å². The summed E-state index contributed by atoms with van der Waals surface area (Å²) in [6.07, 6.45) is 3.00. The summed E-state index contributed by atoms with van der Waals surface area (Å²) in [5, 5.41) is 11.2. The number of amides is 2. The zero-order valence-corrected chi connectivity index (χ0v) is 20.1. The third-order valence-corrected chi connectivity index (χ3v) is 5.72. The molecule has 10 nitrogen and oxygen atoms in total. The van der Waals surface area contributed by atoms with Gasteiger partial charge in [0.15, 0.2) is 6.04 Å². The molecule has 3 aromatic heterocycles. The fourth-order valence-corrected chi connectivity index (χ4v) is 4.07. The Balaban J connectivity index is 1.53. The van der Waals surface area contributed by atoms with Gasteiger partial charge in [-0.15, -0.1) is 5.10 Å². The van der Waals surface area contributed by atoms with Crippen LogP contribution in [0.15, 0.2) is 94.2 Å². The average molecular weight is 500 g/mol. The summed E-state index contributed by atoms with van der Waals surface area (Å²) < 4.78 is 18.2. The highest BCUT2D eigenvalue weighted by atomic mass is 16.5. The van der Waals surface area contributed by atoms with Gasteiger partial charge < -0.3 is 18.9 Å². The van der Waals surface area contributed by atoms with Gasteiger partial charge >= 0.3 is 0 Å². The molecular weight excluding hydrogens is 474 g/mol. The maximum Gasteiger partial charge on any atom is 0.251 e. The first kappa shape index (κ1) is 23.9. The van der Waals surface area contributed by atoms with Crippen molar-refractivity contribution >= 4 is 28.5 Å². The number of benzene rings is 2. The lowest BCUT2D eigenvalue weighted by Gasteiger charge is -2.30. The SMILES string of the molecule is CCOc1cccc(N(C(=O)Cn2nnc3ccccc32)[C@@H](C(=O)NCc2ccco2)c2ccco2)c1. The van der Waals surface area contributed by atoms with Gasteiger partial charge in [0, 0.05) is 11.8 Å². The molecule has 0 unspecified atom stereocenters. The van der Waals surface area contributed by atoms with Crippen LogP contribution in [-0.2, 0) is 22.7 Å². The van der Waals surface area contributed by atoms with Crippen molar-refractivity contribution in [1.29, 1.82) is 0 Å². The number of carbonyl (C=O) groups is 2. The molecule has 0 saturated heterocycles. The third kappa shape index (κ3) is 5.22. The van der Waals surface area contributed by atoms with Crippen molar-refractivity contribution in [2.45, 2.75) is 26.1 Å². The maximum absolute atomic E-state index is 14.0. The summed E-state index contributed by atoms with van der Waals surface area (Å²) in [6, 6.07) is 20.1. The molecular formula is C27H25N5O5. The van der Waals surface area contributed by atoms with Crippen LogP contribution in [0.5, 0.6) is 5.75 Å². The molecule has 2 aromatic carbocycles. The number of nitrogens with one attached hydrogen (secondary N) is 1. The first-order valence-corrected chi connectivity index (χ1v) is 11.8. The van der Waals surface area contributed by atoms with Crippen molar-refractivity contribution in [1.82, 2.24) is 20.3 Å². The molecule has 5 rings (SSSR count). The summed E-state index contributed by atoms with van der Waals surface area (Å²) in [4.78, 5) is 29.0. The van der Waals surface area contributed by atoms with Gasteiger partial charge in [-0.25, -0.2) is 4.68 Å².